The number of nitrogens with one attached hydrogen (secondary N) is 1. The highest BCUT2D eigenvalue weighted by molar-refractivity contribution is 5.90. The molecular weight excluding hydrogens is 407 g/mol. The van der Waals surface area contributed by atoms with Crippen LogP contribution in [0.2, 0.25) is 0 Å². The molecule has 0 radical (unpaired) electrons. The number of cyclic esters (lactones) is 1. The Hall–Kier alpha value is -4.27. The van der Waals surface area contributed by atoms with Gasteiger partial charge in [0.15, 0.2) is 11.5 Å². The van der Waals surface area contributed by atoms with E-state index in [2.05, 4.69) is 20.6 Å². The Kier molecular flexibility index (Phi) is 5.31. The topological polar surface area (TPSA) is 131 Å². The van der Waals surface area contributed by atoms with Crippen molar-refractivity contribution in [2.24, 2.45) is 0 Å². The summed E-state index contributed by atoms with van der Waals surface area (Å²) in [7, 11) is 0. The number of amides is 2. The van der Waals surface area contributed by atoms with Gasteiger partial charge in [0.25, 0.3) is 0 Å². The number of hydrogen-bond acceptors (Lipinski definition) is 7. The number of halogens is 1. The van der Waals surface area contributed by atoms with Crippen LogP contribution >= 0.6 is 0 Å². The smallest absolute Gasteiger partial charge is 0.414 e. The number of aromatic nitrogens is 5. The van der Waals surface area contributed by atoms with E-state index < -0.39 is 18.0 Å². The summed E-state index contributed by atoms with van der Waals surface area (Å²) in [5.74, 6) is -0.822. The maximum Gasteiger partial charge on any atom is 0.414 e. The van der Waals surface area contributed by atoms with Crippen molar-refractivity contribution >= 4 is 17.7 Å². The molecule has 3 aromatic rings. The van der Waals surface area contributed by atoms with Crippen LogP contribution in [0, 0.1) is 17.1 Å². The van der Waals surface area contributed by atoms with Gasteiger partial charge in [-0.25, -0.2) is 18.9 Å². The fraction of sp³-hybridized carbons (Fsp3) is 0.263. The first kappa shape index (κ1) is 20.0. The summed E-state index contributed by atoms with van der Waals surface area (Å²) in [4.78, 5) is 28.4. The van der Waals surface area contributed by atoms with E-state index >= 15 is 0 Å². The SMILES string of the molecule is CC(=O)NC[C@H]1CN(c2ccc(-n3cc(Cn4cnc(C#N)c4)nn3)c(F)c2)C(=O)O1. The molecule has 0 aliphatic carbocycles. The summed E-state index contributed by atoms with van der Waals surface area (Å²) in [6, 6.07) is 6.22. The molecule has 1 aliphatic heterocycles. The highest BCUT2D eigenvalue weighted by atomic mass is 19.1. The van der Waals surface area contributed by atoms with Crippen molar-refractivity contribution in [1.82, 2.24) is 29.9 Å². The van der Waals surface area contributed by atoms with E-state index in [0.717, 1.165) is 0 Å². The molecule has 11 nitrogen and oxygen atoms in total. The summed E-state index contributed by atoms with van der Waals surface area (Å²) < 4.78 is 22.9. The second kappa shape index (κ2) is 8.23. The molecule has 1 fully saturated rings. The van der Waals surface area contributed by atoms with Crippen LogP contribution in [0.15, 0.2) is 36.9 Å². The van der Waals surface area contributed by atoms with E-state index in [1.54, 1.807) is 23.0 Å². The minimum Gasteiger partial charge on any atom is -0.442 e. The number of nitriles is 1. The number of imidazole rings is 1. The second-order valence-electron chi connectivity index (χ2n) is 6.89. The lowest BCUT2D eigenvalue weighted by Crippen LogP contribution is -2.33. The number of ether oxygens (including phenoxy) is 1. The number of carbonyl (C=O) groups is 2. The van der Waals surface area contributed by atoms with E-state index in [0.29, 0.717) is 17.9 Å². The normalized spacial score (nSPS) is 15.6. The molecule has 1 N–H and O–H groups in total. The lowest BCUT2D eigenvalue weighted by molar-refractivity contribution is -0.119. The van der Waals surface area contributed by atoms with Crippen molar-refractivity contribution in [3.05, 3.63) is 54.1 Å². The van der Waals surface area contributed by atoms with E-state index in [9.17, 15) is 14.0 Å². The molecule has 12 heteroatoms. The predicted octanol–water partition coefficient (Wildman–Crippen LogP) is 0.984. The molecule has 0 saturated carbocycles. The quantitative estimate of drug-likeness (QED) is 0.624. The molecule has 1 aliphatic rings. The summed E-state index contributed by atoms with van der Waals surface area (Å²) in [5.41, 5.74) is 1.33. The Labute approximate surface area is 175 Å². The number of rotatable bonds is 6. The van der Waals surface area contributed by atoms with Crippen LogP contribution in [0.25, 0.3) is 5.69 Å². The number of hydrogen-bond donors (Lipinski definition) is 1. The molecule has 1 saturated heterocycles. The Morgan fingerprint density at radius 1 is 1.42 bits per heavy atom. The van der Waals surface area contributed by atoms with Gasteiger partial charge in [-0.05, 0) is 18.2 Å². The molecule has 3 heterocycles. The Bertz CT molecular complexity index is 1180. The van der Waals surface area contributed by atoms with Gasteiger partial charge in [-0.15, -0.1) is 5.10 Å². The van der Waals surface area contributed by atoms with Gasteiger partial charge in [0, 0.05) is 13.1 Å². The summed E-state index contributed by atoms with van der Waals surface area (Å²) >= 11 is 0. The van der Waals surface area contributed by atoms with Crippen LogP contribution in [0.1, 0.15) is 18.3 Å². The van der Waals surface area contributed by atoms with E-state index in [4.69, 9.17) is 10.00 Å². The van der Waals surface area contributed by atoms with Crippen molar-refractivity contribution in [3.8, 4) is 11.8 Å². The molecule has 2 amide bonds. The summed E-state index contributed by atoms with van der Waals surface area (Å²) in [6.45, 7) is 2.08. The van der Waals surface area contributed by atoms with Gasteiger partial charge in [0.05, 0.1) is 37.8 Å². The average molecular weight is 424 g/mol. The molecule has 0 unspecified atom stereocenters. The van der Waals surface area contributed by atoms with Crippen molar-refractivity contribution in [3.63, 3.8) is 0 Å². The third-order valence-electron chi connectivity index (χ3n) is 4.58. The largest absolute Gasteiger partial charge is 0.442 e. The average Bonchev–Trinajstić information content (AvgIpc) is 3.47. The van der Waals surface area contributed by atoms with Crippen molar-refractivity contribution in [2.75, 3.05) is 18.0 Å². The predicted molar refractivity (Wildman–Crippen MR) is 104 cm³/mol. The van der Waals surface area contributed by atoms with Crippen molar-refractivity contribution in [2.45, 2.75) is 19.6 Å². The first-order valence-corrected chi connectivity index (χ1v) is 9.28. The number of benzene rings is 1. The lowest BCUT2D eigenvalue weighted by atomic mass is 10.2. The zero-order valence-corrected chi connectivity index (χ0v) is 16.4. The third kappa shape index (κ3) is 4.35. The fourth-order valence-electron chi connectivity index (χ4n) is 3.13. The summed E-state index contributed by atoms with van der Waals surface area (Å²) in [5, 5.41) is 19.4. The van der Waals surface area contributed by atoms with Crippen molar-refractivity contribution < 1.29 is 18.7 Å². The third-order valence-corrected chi connectivity index (χ3v) is 4.58. The van der Waals surface area contributed by atoms with Gasteiger partial charge in [-0.1, -0.05) is 5.21 Å². The summed E-state index contributed by atoms with van der Waals surface area (Å²) in [6.07, 6.45) is 3.52. The van der Waals surface area contributed by atoms with Gasteiger partial charge >= 0.3 is 6.09 Å². The fourth-order valence-corrected chi connectivity index (χ4v) is 3.13. The molecule has 0 bridgehead atoms. The van der Waals surface area contributed by atoms with Crippen LogP contribution in [-0.4, -0.2) is 55.7 Å². The van der Waals surface area contributed by atoms with Gasteiger partial charge in [-0.3, -0.25) is 9.69 Å². The zero-order chi connectivity index (χ0) is 22.0. The molecule has 1 atom stereocenters. The van der Waals surface area contributed by atoms with E-state index in [-0.39, 0.29) is 30.4 Å². The van der Waals surface area contributed by atoms with Gasteiger partial charge in [-0.2, -0.15) is 5.26 Å². The van der Waals surface area contributed by atoms with Crippen LogP contribution in [0.4, 0.5) is 14.9 Å². The lowest BCUT2D eigenvalue weighted by Gasteiger charge is -2.14. The number of nitrogens with zero attached hydrogens (tertiary/aromatic N) is 7. The van der Waals surface area contributed by atoms with Gasteiger partial charge < -0.3 is 14.6 Å². The standard InChI is InChI=1S/C19H17FN8O3/c1-12(29)22-6-16-10-27(19(30)31-16)15-2-3-18(17(20)4-15)28-9-14(24-25-28)8-26-7-13(5-21)23-11-26/h2-4,7,9,11,16H,6,8,10H2,1H3,(H,22,29)/t16-/m0/s1. The molecule has 31 heavy (non-hydrogen) atoms. The Balaban J connectivity index is 1.47. The maximum absolute atomic E-state index is 14.8. The molecule has 2 aromatic heterocycles. The Morgan fingerprint density at radius 3 is 2.97 bits per heavy atom. The van der Waals surface area contributed by atoms with Crippen LogP contribution < -0.4 is 10.2 Å². The number of anilines is 1. The monoisotopic (exact) mass is 424 g/mol. The molecular formula is C19H17FN8O3. The first-order chi connectivity index (χ1) is 14.9. The highest BCUT2D eigenvalue weighted by Gasteiger charge is 2.32. The molecule has 0 spiro atoms. The van der Waals surface area contributed by atoms with Crippen molar-refractivity contribution in [1.29, 1.82) is 5.26 Å². The minimum absolute atomic E-state index is 0.160. The molecule has 1 aromatic carbocycles. The van der Waals surface area contributed by atoms with Gasteiger partial charge in [0.1, 0.15) is 23.6 Å². The van der Waals surface area contributed by atoms with Crippen LogP contribution in [0.3, 0.4) is 0 Å². The van der Waals surface area contributed by atoms with Crippen LogP contribution in [-0.2, 0) is 16.1 Å². The van der Waals surface area contributed by atoms with E-state index in [1.165, 1.54) is 35.0 Å². The maximum atomic E-state index is 14.8. The minimum atomic E-state index is -0.609. The van der Waals surface area contributed by atoms with Gasteiger partial charge in [0.2, 0.25) is 5.91 Å². The van der Waals surface area contributed by atoms with E-state index in [1.807, 2.05) is 6.07 Å². The zero-order valence-electron chi connectivity index (χ0n) is 16.4. The number of carbonyl (C=O) groups excluding carboxylic acids is 2. The second-order valence-corrected chi connectivity index (χ2v) is 6.89. The Morgan fingerprint density at radius 2 is 2.26 bits per heavy atom. The highest BCUT2D eigenvalue weighted by Crippen LogP contribution is 2.25. The first-order valence-electron chi connectivity index (χ1n) is 9.28. The molecule has 158 valence electrons. The molecule has 4 rings (SSSR count). The van der Waals surface area contributed by atoms with Crippen LogP contribution in [0.5, 0.6) is 0 Å².